The number of carbonyl (C=O) groups is 1. The minimum absolute atomic E-state index is 0.309. The van der Waals surface area contributed by atoms with Crippen LogP contribution in [0, 0.1) is 5.82 Å². The highest BCUT2D eigenvalue weighted by Crippen LogP contribution is 2.38. The second-order valence-corrected chi connectivity index (χ2v) is 7.05. The summed E-state index contributed by atoms with van der Waals surface area (Å²) >= 11 is 3.07. The van der Waals surface area contributed by atoms with Gasteiger partial charge in [-0.15, -0.1) is 23.1 Å². The number of hydrogen-bond donors (Lipinski definition) is 1. The average Bonchev–Trinajstić information content (AvgIpc) is 3.05. The van der Waals surface area contributed by atoms with E-state index < -0.39 is 5.97 Å². The van der Waals surface area contributed by atoms with Crippen molar-refractivity contribution in [1.82, 2.24) is 4.98 Å². The number of benzene rings is 2. The maximum atomic E-state index is 13.2. The maximum absolute atomic E-state index is 13.2. The van der Waals surface area contributed by atoms with Crippen molar-refractivity contribution in [2.75, 3.05) is 6.26 Å². The Morgan fingerprint density at radius 3 is 2.36 bits per heavy atom. The molecule has 3 nitrogen and oxygen atoms in total. The molecule has 0 aliphatic rings. The van der Waals surface area contributed by atoms with Crippen LogP contribution in [0.4, 0.5) is 4.39 Å². The molecule has 0 radical (unpaired) electrons. The molecule has 3 rings (SSSR count). The van der Waals surface area contributed by atoms with Gasteiger partial charge in [-0.2, -0.15) is 0 Å². The standard InChI is InChI=1S/C19H14FNO2S2/c1-24-15-8-4-13(5-9-15)19-18(12-2-6-14(20)7-3-12)21-16(25-19)10-11-17(22)23/h2-11H,1H3,(H,22,23)/b11-10+. The van der Waals surface area contributed by atoms with Gasteiger partial charge in [0.25, 0.3) is 0 Å². The first kappa shape index (κ1) is 17.4. The van der Waals surface area contributed by atoms with Crippen LogP contribution >= 0.6 is 23.1 Å². The van der Waals surface area contributed by atoms with Gasteiger partial charge in [-0.05, 0) is 54.3 Å². The Morgan fingerprint density at radius 1 is 1.12 bits per heavy atom. The van der Waals surface area contributed by atoms with Gasteiger partial charge in [0.1, 0.15) is 10.8 Å². The third kappa shape index (κ3) is 4.15. The molecule has 0 unspecified atom stereocenters. The van der Waals surface area contributed by atoms with Gasteiger partial charge < -0.3 is 5.11 Å². The Balaban J connectivity index is 2.10. The molecule has 0 saturated carbocycles. The minimum Gasteiger partial charge on any atom is -0.478 e. The lowest BCUT2D eigenvalue weighted by molar-refractivity contribution is -0.131. The SMILES string of the molecule is CSc1ccc(-c2sc(/C=C/C(=O)O)nc2-c2ccc(F)cc2)cc1. The Labute approximate surface area is 152 Å². The average molecular weight is 371 g/mol. The van der Waals surface area contributed by atoms with Crippen LogP contribution in [0.5, 0.6) is 0 Å². The summed E-state index contributed by atoms with van der Waals surface area (Å²) < 4.78 is 13.2. The summed E-state index contributed by atoms with van der Waals surface area (Å²) in [6, 6.07) is 14.2. The molecule has 0 atom stereocenters. The molecule has 3 aromatic rings. The molecule has 1 N–H and O–H groups in total. The summed E-state index contributed by atoms with van der Waals surface area (Å²) in [5, 5.41) is 9.41. The number of aromatic nitrogens is 1. The summed E-state index contributed by atoms with van der Waals surface area (Å²) in [5.41, 5.74) is 2.49. The Morgan fingerprint density at radius 2 is 1.76 bits per heavy atom. The molecule has 2 aromatic carbocycles. The number of carboxylic acid groups (broad SMARTS) is 1. The number of rotatable bonds is 5. The lowest BCUT2D eigenvalue weighted by atomic mass is 10.1. The van der Waals surface area contributed by atoms with Crippen LogP contribution in [0.2, 0.25) is 0 Å². The molecule has 126 valence electrons. The predicted molar refractivity (Wildman–Crippen MR) is 101 cm³/mol. The topological polar surface area (TPSA) is 50.2 Å². The smallest absolute Gasteiger partial charge is 0.328 e. The lowest BCUT2D eigenvalue weighted by Crippen LogP contribution is -1.86. The van der Waals surface area contributed by atoms with E-state index in [1.165, 1.54) is 29.5 Å². The molecule has 1 aromatic heterocycles. The van der Waals surface area contributed by atoms with Gasteiger partial charge in [0.2, 0.25) is 0 Å². The van der Waals surface area contributed by atoms with E-state index in [2.05, 4.69) is 4.98 Å². The van der Waals surface area contributed by atoms with Crippen molar-refractivity contribution in [1.29, 1.82) is 0 Å². The third-order valence-corrected chi connectivity index (χ3v) is 5.30. The fourth-order valence-corrected chi connectivity index (χ4v) is 3.70. The van der Waals surface area contributed by atoms with E-state index in [1.807, 2.05) is 30.5 Å². The maximum Gasteiger partial charge on any atom is 0.328 e. The molecule has 0 aliphatic heterocycles. The van der Waals surface area contributed by atoms with E-state index in [-0.39, 0.29) is 5.82 Å². The second kappa shape index (κ2) is 7.63. The molecule has 0 spiro atoms. The van der Waals surface area contributed by atoms with Crippen molar-refractivity contribution >= 4 is 35.1 Å². The number of carboxylic acids is 1. The van der Waals surface area contributed by atoms with E-state index in [9.17, 15) is 9.18 Å². The summed E-state index contributed by atoms with van der Waals surface area (Å²) in [5.74, 6) is -1.33. The van der Waals surface area contributed by atoms with Gasteiger partial charge in [-0.25, -0.2) is 14.2 Å². The van der Waals surface area contributed by atoms with Gasteiger partial charge in [-0.1, -0.05) is 12.1 Å². The predicted octanol–water partition coefficient (Wildman–Crippen LogP) is 5.44. The normalized spacial score (nSPS) is 11.1. The van der Waals surface area contributed by atoms with Crippen LogP contribution in [0.1, 0.15) is 5.01 Å². The van der Waals surface area contributed by atoms with Crippen molar-refractivity contribution < 1.29 is 14.3 Å². The first-order chi connectivity index (χ1) is 12.1. The van der Waals surface area contributed by atoms with Gasteiger partial charge in [0, 0.05) is 16.5 Å². The van der Waals surface area contributed by atoms with Gasteiger partial charge in [-0.3, -0.25) is 0 Å². The Bertz CT molecular complexity index is 916. The largest absolute Gasteiger partial charge is 0.478 e. The van der Waals surface area contributed by atoms with Crippen LogP contribution in [0.15, 0.2) is 59.5 Å². The van der Waals surface area contributed by atoms with Crippen LogP contribution in [-0.2, 0) is 4.79 Å². The van der Waals surface area contributed by atoms with Gasteiger partial charge in [0.05, 0.1) is 10.6 Å². The molecule has 0 saturated heterocycles. The van der Waals surface area contributed by atoms with E-state index in [4.69, 9.17) is 5.11 Å². The fourth-order valence-electron chi connectivity index (χ4n) is 2.29. The number of nitrogens with zero attached hydrogens (tertiary/aromatic N) is 1. The molecule has 0 amide bonds. The third-order valence-electron chi connectivity index (χ3n) is 3.48. The van der Waals surface area contributed by atoms with Gasteiger partial charge in [0.15, 0.2) is 0 Å². The van der Waals surface area contributed by atoms with Crippen LogP contribution in [-0.4, -0.2) is 22.3 Å². The highest BCUT2D eigenvalue weighted by molar-refractivity contribution is 7.98. The molecular formula is C19H14FNO2S2. The van der Waals surface area contributed by atoms with Crippen molar-refractivity contribution in [2.24, 2.45) is 0 Å². The number of hydrogen-bond acceptors (Lipinski definition) is 4. The van der Waals surface area contributed by atoms with Gasteiger partial charge >= 0.3 is 5.97 Å². The second-order valence-electron chi connectivity index (χ2n) is 5.14. The number of thioether (sulfide) groups is 1. The van der Waals surface area contributed by atoms with E-state index in [0.717, 1.165) is 27.0 Å². The van der Waals surface area contributed by atoms with Crippen molar-refractivity contribution in [3.8, 4) is 21.7 Å². The lowest BCUT2D eigenvalue weighted by Gasteiger charge is -2.04. The molecule has 0 aliphatic carbocycles. The minimum atomic E-state index is -1.02. The highest BCUT2D eigenvalue weighted by atomic mass is 32.2. The summed E-state index contributed by atoms with van der Waals surface area (Å²) in [7, 11) is 0. The first-order valence-electron chi connectivity index (χ1n) is 7.39. The van der Waals surface area contributed by atoms with Crippen LogP contribution < -0.4 is 0 Å². The van der Waals surface area contributed by atoms with E-state index in [1.54, 1.807) is 23.9 Å². The first-order valence-corrected chi connectivity index (χ1v) is 9.43. The number of halogens is 1. The molecule has 0 fully saturated rings. The van der Waals surface area contributed by atoms with Crippen molar-refractivity contribution in [3.05, 3.63) is 65.4 Å². The fraction of sp³-hybridized carbons (Fsp3) is 0.0526. The number of thiazole rings is 1. The van der Waals surface area contributed by atoms with E-state index >= 15 is 0 Å². The van der Waals surface area contributed by atoms with E-state index in [0.29, 0.717) is 10.7 Å². The Hall–Kier alpha value is -2.44. The summed E-state index contributed by atoms with van der Waals surface area (Å²) in [6.45, 7) is 0. The molecule has 25 heavy (non-hydrogen) atoms. The summed E-state index contributed by atoms with van der Waals surface area (Å²) in [4.78, 5) is 17.4. The van der Waals surface area contributed by atoms with Crippen molar-refractivity contribution in [2.45, 2.75) is 4.90 Å². The van der Waals surface area contributed by atoms with Crippen LogP contribution in [0.3, 0.4) is 0 Å². The molecular weight excluding hydrogens is 357 g/mol. The molecule has 0 bridgehead atoms. The molecule has 6 heteroatoms. The zero-order chi connectivity index (χ0) is 17.8. The highest BCUT2D eigenvalue weighted by Gasteiger charge is 2.14. The quantitative estimate of drug-likeness (QED) is 0.479. The molecule has 1 heterocycles. The number of aliphatic carboxylic acids is 1. The Kier molecular flexibility index (Phi) is 5.31. The van der Waals surface area contributed by atoms with Crippen LogP contribution in [0.25, 0.3) is 27.8 Å². The zero-order valence-corrected chi connectivity index (χ0v) is 14.9. The van der Waals surface area contributed by atoms with Crippen molar-refractivity contribution in [3.63, 3.8) is 0 Å². The summed E-state index contributed by atoms with van der Waals surface area (Å²) in [6.07, 6.45) is 4.55. The zero-order valence-electron chi connectivity index (χ0n) is 13.3. The monoisotopic (exact) mass is 371 g/mol.